The number of aryl methyl sites for hydroxylation is 1. The van der Waals surface area contributed by atoms with Crippen LogP contribution in [0.5, 0.6) is 0 Å². The summed E-state index contributed by atoms with van der Waals surface area (Å²) in [5, 5.41) is 26.3. The molecule has 0 radical (unpaired) electrons. The molecule has 2 heterocycles. The zero-order valence-corrected chi connectivity index (χ0v) is 27.1. The number of thiophene rings is 1. The number of hydrogen-bond donors (Lipinski definition) is 3. The molecular weight excluding hydrogens is 614 g/mol. The van der Waals surface area contributed by atoms with Gasteiger partial charge in [-0.3, -0.25) is 19.2 Å². The van der Waals surface area contributed by atoms with Gasteiger partial charge in [0, 0.05) is 46.7 Å². The van der Waals surface area contributed by atoms with Crippen LogP contribution >= 0.6 is 11.3 Å². The predicted molar refractivity (Wildman–Crippen MR) is 181 cm³/mol. The third-order valence-corrected chi connectivity index (χ3v) is 9.16. The molecule has 0 spiro atoms. The summed E-state index contributed by atoms with van der Waals surface area (Å²) in [6, 6.07) is 23.4. The van der Waals surface area contributed by atoms with Gasteiger partial charge in [0.05, 0.1) is 35.5 Å². The van der Waals surface area contributed by atoms with E-state index in [4.69, 9.17) is 5.26 Å². The number of nitrogens with one attached hydrogen (secondary N) is 2. The minimum absolute atomic E-state index is 0.130. The minimum atomic E-state index is -1.04. The highest BCUT2D eigenvalue weighted by Crippen LogP contribution is 2.33. The molecule has 0 saturated carbocycles. The molecule has 47 heavy (non-hydrogen) atoms. The number of anilines is 2. The predicted octanol–water partition coefficient (Wildman–Crippen LogP) is 5.87. The molecule has 3 amide bonds. The molecular formula is C36H35N5O5S. The monoisotopic (exact) mass is 649 g/mol. The van der Waals surface area contributed by atoms with Gasteiger partial charge in [-0.15, -0.1) is 11.3 Å². The highest BCUT2D eigenvalue weighted by Gasteiger charge is 2.34. The molecule has 4 aromatic rings. The van der Waals surface area contributed by atoms with E-state index in [2.05, 4.69) is 21.6 Å². The van der Waals surface area contributed by atoms with Crippen molar-refractivity contribution in [1.29, 1.82) is 5.26 Å². The maximum absolute atomic E-state index is 13.5. The number of benzene rings is 3. The summed E-state index contributed by atoms with van der Waals surface area (Å²) in [7, 11) is 0. The molecule has 3 atom stereocenters. The van der Waals surface area contributed by atoms with Crippen LogP contribution in [-0.4, -0.2) is 58.9 Å². The van der Waals surface area contributed by atoms with Gasteiger partial charge >= 0.3 is 5.97 Å². The van der Waals surface area contributed by atoms with Crippen molar-refractivity contribution in [3.8, 4) is 6.07 Å². The Hall–Kier alpha value is -5.47. The molecule has 3 unspecified atom stereocenters. The first kappa shape index (κ1) is 32.9. The topological polar surface area (TPSA) is 143 Å². The molecule has 1 aliphatic rings. The van der Waals surface area contributed by atoms with E-state index in [-0.39, 0.29) is 35.9 Å². The second-order valence-electron chi connectivity index (χ2n) is 11.7. The number of amides is 3. The first-order valence-corrected chi connectivity index (χ1v) is 16.1. The number of carbonyl (C=O) groups is 4. The molecule has 1 aromatic heterocycles. The van der Waals surface area contributed by atoms with Gasteiger partial charge in [0.2, 0.25) is 0 Å². The van der Waals surface area contributed by atoms with E-state index in [0.717, 1.165) is 10.4 Å². The van der Waals surface area contributed by atoms with Gasteiger partial charge in [0.15, 0.2) is 0 Å². The lowest BCUT2D eigenvalue weighted by Crippen LogP contribution is -2.58. The molecule has 0 aliphatic carbocycles. The Balaban J connectivity index is 1.43. The van der Waals surface area contributed by atoms with E-state index >= 15 is 0 Å². The number of carboxylic acids is 1. The Kier molecular flexibility index (Phi) is 10.0. The Morgan fingerprint density at radius 2 is 1.64 bits per heavy atom. The second-order valence-corrected chi connectivity index (χ2v) is 12.7. The molecule has 11 heteroatoms. The Morgan fingerprint density at radius 1 is 0.915 bits per heavy atom. The van der Waals surface area contributed by atoms with Gasteiger partial charge in [-0.1, -0.05) is 23.8 Å². The smallest absolute Gasteiger partial charge is 0.305 e. The Bertz CT molecular complexity index is 1830. The summed E-state index contributed by atoms with van der Waals surface area (Å²) in [5.41, 5.74) is 3.74. The molecule has 5 rings (SSSR count). The molecule has 3 aromatic carbocycles. The average molecular weight is 650 g/mol. The first-order chi connectivity index (χ1) is 22.5. The molecule has 1 aliphatic heterocycles. The van der Waals surface area contributed by atoms with Crippen LogP contribution in [0, 0.1) is 18.3 Å². The van der Waals surface area contributed by atoms with Crippen molar-refractivity contribution < 1.29 is 24.3 Å². The summed E-state index contributed by atoms with van der Waals surface area (Å²) in [4.78, 5) is 56.6. The number of hydrogen-bond acceptors (Lipinski definition) is 7. The summed E-state index contributed by atoms with van der Waals surface area (Å²) < 4.78 is 0. The van der Waals surface area contributed by atoms with Gasteiger partial charge in [-0.25, -0.2) is 0 Å². The second kappa shape index (κ2) is 14.3. The molecule has 1 fully saturated rings. The van der Waals surface area contributed by atoms with Gasteiger partial charge in [-0.2, -0.15) is 5.26 Å². The fourth-order valence-corrected chi connectivity index (χ4v) is 6.51. The van der Waals surface area contributed by atoms with Crippen molar-refractivity contribution in [3.05, 3.63) is 117 Å². The van der Waals surface area contributed by atoms with Crippen LogP contribution in [0.3, 0.4) is 0 Å². The number of aliphatic carboxylic acids is 1. The standard InChI is InChI=1S/C36H35N5O5S/c1-22-6-4-7-27(16-22)34(44)38-29-17-28(35(45)39-30(18-33(42)43)32-8-5-15-47-32)13-14-31(29)40-20-24(3)41(21-23(40)2)36(46)26-11-9-25(19-37)10-12-26/h4-17,23-24,30H,18,20-21H2,1-3H3,(H,38,44)(H,39,45)(H,42,43). The van der Waals surface area contributed by atoms with Gasteiger partial charge in [0.1, 0.15) is 0 Å². The van der Waals surface area contributed by atoms with Crippen LogP contribution in [0.2, 0.25) is 0 Å². The number of nitriles is 1. The zero-order chi connectivity index (χ0) is 33.7. The number of piperazine rings is 1. The van der Waals surface area contributed by atoms with Gasteiger partial charge < -0.3 is 25.5 Å². The normalized spacial score (nSPS) is 16.6. The lowest BCUT2D eigenvalue weighted by molar-refractivity contribution is -0.137. The number of carboxylic acid groups (broad SMARTS) is 1. The summed E-state index contributed by atoms with van der Waals surface area (Å²) >= 11 is 1.36. The van der Waals surface area contributed by atoms with Gasteiger partial charge in [-0.05, 0) is 86.8 Å². The largest absolute Gasteiger partial charge is 0.481 e. The van der Waals surface area contributed by atoms with Crippen LogP contribution in [0.4, 0.5) is 11.4 Å². The summed E-state index contributed by atoms with van der Waals surface area (Å²) in [6.07, 6.45) is -0.276. The number of nitrogens with zero attached hydrogens (tertiary/aromatic N) is 3. The molecule has 3 N–H and O–H groups in total. The first-order valence-electron chi connectivity index (χ1n) is 15.2. The molecule has 1 saturated heterocycles. The van der Waals surface area contributed by atoms with Crippen LogP contribution < -0.4 is 15.5 Å². The highest BCUT2D eigenvalue weighted by atomic mass is 32.1. The van der Waals surface area contributed by atoms with Crippen LogP contribution in [0.25, 0.3) is 0 Å². The van der Waals surface area contributed by atoms with Crippen molar-refractivity contribution in [2.24, 2.45) is 0 Å². The third-order valence-electron chi connectivity index (χ3n) is 8.18. The lowest BCUT2D eigenvalue weighted by atomic mass is 10.0. The van der Waals surface area contributed by atoms with E-state index in [1.807, 2.05) is 37.1 Å². The lowest BCUT2D eigenvalue weighted by Gasteiger charge is -2.46. The summed E-state index contributed by atoms with van der Waals surface area (Å²) in [5.74, 6) is -1.98. The highest BCUT2D eigenvalue weighted by molar-refractivity contribution is 7.10. The van der Waals surface area contributed by atoms with E-state index < -0.39 is 17.9 Å². The molecule has 10 nitrogen and oxygen atoms in total. The molecule has 0 bridgehead atoms. The van der Waals surface area contributed by atoms with Crippen molar-refractivity contribution in [2.75, 3.05) is 23.3 Å². The maximum atomic E-state index is 13.5. The number of carbonyl (C=O) groups excluding carboxylic acids is 3. The van der Waals surface area contributed by atoms with Crippen molar-refractivity contribution in [2.45, 2.75) is 45.3 Å². The van der Waals surface area contributed by atoms with Crippen molar-refractivity contribution >= 4 is 46.4 Å². The maximum Gasteiger partial charge on any atom is 0.305 e. The fraction of sp³-hybridized carbons (Fsp3) is 0.250. The fourth-order valence-electron chi connectivity index (χ4n) is 5.74. The molecule has 240 valence electrons. The van der Waals surface area contributed by atoms with Gasteiger partial charge in [0.25, 0.3) is 17.7 Å². The average Bonchev–Trinajstić information content (AvgIpc) is 3.60. The zero-order valence-electron chi connectivity index (χ0n) is 26.3. The van der Waals surface area contributed by atoms with Crippen LogP contribution in [-0.2, 0) is 4.79 Å². The van der Waals surface area contributed by atoms with E-state index in [1.54, 1.807) is 72.8 Å². The van der Waals surface area contributed by atoms with E-state index in [1.165, 1.54) is 11.3 Å². The van der Waals surface area contributed by atoms with E-state index in [0.29, 0.717) is 41.2 Å². The minimum Gasteiger partial charge on any atom is -0.481 e. The third kappa shape index (κ3) is 7.68. The Labute approximate surface area is 277 Å². The van der Waals surface area contributed by atoms with Crippen LogP contribution in [0.1, 0.15) is 73.4 Å². The van der Waals surface area contributed by atoms with Crippen molar-refractivity contribution in [3.63, 3.8) is 0 Å². The van der Waals surface area contributed by atoms with Crippen molar-refractivity contribution in [1.82, 2.24) is 10.2 Å². The Morgan fingerprint density at radius 3 is 2.30 bits per heavy atom. The van der Waals surface area contributed by atoms with Crippen LogP contribution in [0.15, 0.2) is 84.2 Å². The summed E-state index contributed by atoms with van der Waals surface area (Å²) in [6.45, 7) is 6.72. The quantitative estimate of drug-likeness (QED) is 0.206. The SMILES string of the molecule is Cc1cccc(C(=O)Nc2cc(C(=O)NC(CC(=O)O)c3cccs3)ccc2N2CC(C)N(C(=O)c3ccc(C#N)cc3)CC2C)c1. The number of rotatable bonds is 9. The van der Waals surface area contributed by atoms with E-state index in [9.17, 15) is 24.3 Å².